The molecule has 0 aromatic carbocycles. The Morgan fingerprint density at radius 1 is 1.53 bits per heavy atom. The molecule has 0 saturated heterocycles. The van der Waals surface area contributed by atoms with Crippen LogP contribution in [0, 0.1) is 13.8 Å². The van der Waals surface area contributed by atoms with E-state index in [-0.39, 0.29) is 6.42 Å². The average Bonchev–Trinajstić information content (AvgIpc) is 2.45. The van der Waals surface area contributed by atoms with Gasteiger partial charge in [-0.1, -0.05) is 0 Å². The van der Waals surface area contributed by atoms with Crippen LogP contribution in [0.1, 0.15) is 17.0 Å². The molecule has 0 spiro atoms. The summed E-state index contributed by atoms with van der Waals surface area (Å²) in [5.41, 5.74) is 3.71. The summed E-state index contributed by atoms with van der Waals surface area (Å²) in [4.78, 5) is 14.9. The Bertz CT molecular complexity index is 529. The summed E-state index contributed by atoms with van der Waals surface area (Å²) in [5.74, 6) is -0.812. The second-order valence-electron chi connectivity index (χ2n) is 3.61. The van der Waals surface area contributed by atoms with Crippen molar-refractivity contribution in [2.75, 3.05) is 0 Å². The molecule has 0 saturated carbocycles. The number of hydrogen-bond donors (Lipinski definition) is 1. The first-order valence-electron chi connectivity index (χ1n) is 4.73. The Hall–Kier alpha value is -1.84. The minimum atomic E-state index is -0.812. The number of hydrogen-bond acceptors (Lipinski definition) is 2. The van der Waals surface area contributed by atoms with Gasteiger partial charge in [-0.25, -0.2) is 0 Å². The molecule has 0 amide bonds. The van der Waals surface area contributed by atoms with Crippen LogP contribution >= 0.6 is 0 Å². The standard InChI is InChI=1S/C11H12N2O2/c1-7-5-10-8(2)12-3-4-13(10)9(7)6-11(14)15/h3-5H,6H2,1-2H3,(H,14,15). The van der Waals surface area contributed by atoms with Gasteiger partial charge in [-0.2, -0.15) is 0 Å². The summed E-state index contributed by atoms with van der Waals surface area (Å²) in [6.45, 7) is 3.84. The molecule has 78 valence electrons. The topological polar surface area (TPSA) is 54.6 Å². The van der Waals surface area contributed by atoms with Gasteiger partial charge in [-0.3, -0.25) is 9.78 Å². The van der Waals surface area contributed by atoms with Crippen LogP contribution in [0.3, 0.4) is 0 Å². The Morgan fingerprint density at radius 3 is 2.93 bits per heavy atom. The number of rotatable bonds is 2. The molecule has 4 nitrogen and oxygen atoms in total. The lowest BCUT2D eigenvalue weighted by atomic mass is 10.2. The summed E-state index contributed by atoms with van der Waals surface area (Å²) in [7, 11) is 0. The monoisotopic (exact) mass is 204 g/mol. The molecule has 4 heteroatoms. The smallest absolute Gasteiger partial charge is 0.309 e. The number of fused-ring (bicyclic) bond motifs is 1. The van der Waals surface area contributed by atoms with Crippen LogP contribution in [0.2, 0.25) is 0 Å². The fraction of sp³-hybridized carbons (Fsp3) is 0.273. The van der Waals surface area contributed by atoms with Crippen molar-refractivity contribution in [3.05, 3.63) is 35.4 Å². The van der Waals surface area contributed by atoms with E-state index >= 15 is 0 Å². The summed E-state index contributed by atoms with van der Waals surface area (Å²) < 4.78 is 1.89. The quantitative estimate of drug-likeness (QED) is 0.808. The molecule has 0 atom stereocenters. The van der Waals surface area contributed by atoms with Crippen LogP contribution in [-0.2, 0) is 11.2 Å². The van der Waals surface area contributed by atoms with Gasteiger partial charge >= 0.3 is 5.97 Å². The maximum absolute atomic E-state index is 10.7. The zero-order valence-electron chi connectivity index (χ0n) is 8.69. The molecule has 0 aliphatic rings. The van der Waals surface area contributed by atoms with Gasteiger partial charge in [0.05, 0.1) is 17.6 Å². The molecule has 0 radical (unpaired) electrons. The number of carbonyl (C=O) groups is 1. The number of carboxylic acids is 1. The second kappa shape index (κ2) is 3.38. The van der Waals surface area contributed by atoms with Gasteiger partial charge in [0, 0.05) is 18.1 Å². The van der Waals surface area contributed by atoms with Crippen LogP contribution in [0.5, 0.6) is 0 Å². The van der Waals surface area contributed by atoms with E-state index in [0.717, 1.165) is 22.5 Å². The minimum absolute atomic E-state index is 0.0451. The van der Waals surface area contributed by atoms with Crippen molar-refractivity contribution in [1.82, 2.24) is 9.38 Å². The maximum Gasteiger partial charge on any atom is 0.309 e. The zero-order chi connectivity index (χ0) is 11.0. The van der Waals surface area contributed by atoms with Gasteiger partial charge in [0.2, 0.25) is 0 Å². The van der Waals surface area contributed by atoms with E-state index in [4.69, 9.17) is 5.11 Å². The predicted octanol–water partition coefficient (Wildman–Crippen LogP) is 1.58. The molecule has 15 heavy (non-hydrogen) atoms. The molecule has 0 bridgehead atoms. The van der Waals surface area contributed by atoms with E-state index in [1.165, 1.54) is 0 Å². The normalized spacial score (nSPS) is 10.8. The molecule has 2 aromatic heterocycles. The average molecular weight is 204 g/mol. The van der Waals surface area contributed by atoms with Crippen LogP contribution in [-0.4, -0.2) is 20.5 Å². The van der Waals surface area contributed by atoms with E-state index in [2.05, 4.69) is 4.98 Å². The van der Waals surface area contributed by atoms with Crippen molar-refractivity contribution in [1.29, 1.82) is 0 Å². The van der Waals surface area contributed by atoms with Gasteiger partial charge in [0.15, 0.2) is 0 Å². The van der Waals surface area contributed by atoms with Gasteiger partial charge in [0.25, 0.3) is 0 Å². The van der Waals surface area contributed by atoms with Crippen LogP contribution in [0.4, 0.5) is 0 Å². The largest absolute Gasteiger partial charge is 0.481 e. The molecule has 2 aromatic rings. The lowest BCUT2D eigenvalue weighted by molar-refractivity contribution is -0.136. The fourth-order valence-electron chi connectivity index (χ4n) is 1.79. The maximum atomic E-state index is 10.7. The third-order valence-corrected chi connectivity index (χ3v) is 2.53. The Morgan fingerprint density at radius 2 is 2.27 bits per heavy atom. The first kappa shape index (κ1) is 9.71. The summed E-state index contributed by atoms with van der Waals surface area (Å²) >= 11 is 0. The third kappa shape index (κ3) is 1.58. The van der Waals surface area contributed by atoms with Gasteiger partial charge in [-0.05, 0) is 25.5 Å². The SMILES string of the molecule is Cc1cc2c(C)nccn2c1CC(=O)O. The number of aliphatic carboxylic acids is 1. The summed E-state index contributed by atoms with van der Waals surface area (Å²) in [5, 5.41) is 8.81. The molecule has 0 unspecified atom stereocenters. The zero-order valence-corrected chi connectivity index (χ0v) is 8.69. The summed E-state index contributed by atoms with van der Waals surface area (Å²) in [6.07, 6.45) is 3.53. The Labute approximate surface area is 87.2 Å². The van der Waals surface area contributed by atoms with E-state index in [1.54, 1.807) is 12.4 Å². The fourth-order valence-corrected chi connectivity index (χ4v) is 1.79. The van der Waals surface area contributed by atoms with Crippen molar-refractivity contribution in [2.24, 2.45) is 0 Å². The highest BCUT2D eigenvalue weighted by Crippen LogP contribution is 2.18. The lowest BCUT2D eigenvalue weighted by Gasteiger charge is -2.02. The van der Waals surface area contributed by atoms with E-state index < -0.39 is 5.97 Å². The van der Waals surface area contributed by atoms with Crippen LogP contribution < -0.4 is 0 Å². The van der Waals surface area contributed by atoms with Crippen LogP contribution in [0.25, 0.3) is 5.52 Å². The Balaban J connectivity index is 2.68. The minimum Gasteiger partial charge on any atom is -0.481 e. The first-order valence-corrected chi connectivity index (χ1v) is 4.73. The number of aryl methyl sites for hydroxylation is 2. The second-order valence-corrected chi connectivity index (χ2v) is 3.61. The van der Waals surface area contributed by atoms with E-state index in [1.807, 2.05) is 24.3 Å². The van der Waals surface area contributed by atoms with Crippen molar-refractivity contribution >= 4 is 11.5 Å². The molecule has 2 rings (SSSR count). The van der Waals surface area contributed by atoms with Crippen LogP contribution in [0.15, 0.2) is 18.5 Å². The molecule has 2 heterocycles. The molecule has 0 aliphatic heterocycles. The number of aromatic nitrogens is 2. The lowest BCUT2D eigenvalue weighted by Crippen LogP contribution is -2.05. The molecular weight excluding hydrogens is 192 g/mol. The van der Waals surface area contributed by atoms with E-state index in [0.29, 0.717) is 0 Å². The van der Waals surface area contributed by atoms with Gasteiger partial charge in [0.1, 0.15) is 0 Å². The predicted molar refractivity (Wildman–Crippen MR) is 56.0 cm³/mol. The molecule has 0 aliphatic carbocycles. The first-order chi connectivity index (χ1) is 7.09. The highest BCUT2D eigenvalue weighted by Gasteiger charge is 2.11. The number of nitrogens with zero attached hydrogens (tertiary/aromatic N) is 2. The van der Waals surface area contributed by atoms with Crippen molar-refractivity contribution in [3.8, 4) is 0 Å². The van der Waals surface area contributed by atoms with E-state index in [9.17, 15) is 4.79 Å². The highest BCUT2D eigenvalue weighted by molar-refractivity contribution is 5.71. The third-order valence-electron chi connectivity index (χ3n) is 2.53. The molecule has 1 N–H and O–H groups in total. The van der Waals surface area contributed by atoms with Crippen molar-refractivity contribution in [3.63, 3.8) is 0 Å². The van der Waals surface area contributed by atoms with Crippen molar-refractivity contribution in [2.45, 2.75) is 20.3 Å². The van der Waals surface area contributed by atoms with Gasteiger partial charge < -0.3 is 9.51 Å². The van der Waals surface area contributed by atoms with Crippen molar-refractivity contribution < 1.29 is 9.90 Å². The van der Waals surface area contributed by atoms with Gasteiger partial charge in [-0.15, -0.1) is 0 Å². The molecular formula is C11H12N2O2. The Kier molecular flexibility index (Phi) is 2.19. The highest BCUT2D eigenvalue weighted by atomic mass is 16.4. The molecule has 0 fully saturated rings. The summed E-state index contributed by atoms with van der Waals surface area (Å²) in [6, 6.07) is 1.97. The number of carboxylic acid groups (broad SMARTS) is 1.